The first-order chi connectivity index (χ1) is 8.04. The summed E-state index contributed by atoms with van der Waals surface area (Å²) in [6.45, 7) is 7.88. The molecule has 4 nitrogen and oxygen atoms in total. The summed E-state index contributed by atoms with van der Waals surface area (Å²) in [4.78, 5) is 26.2. The average Bonchev–Trinajstić information content (AvgIpc) is 3.13. The second-order valence-electron chi connectivity index (χ2n) is 5.15. The zero-order chi connectivity index (χ0) is 12.6. The molecular formula is C13H20N2O2. The normalized spacial score (nSPS) is 33.5. The predicted octanol–water partition coefficient (Wildman–Crippen LogP) is 1.08. The number of hydrogen-bond acceptors (Lipinski definition) is 2. The van der Waals surface area contributed by atoms with Gasteiger partial charge in [0.15, 0.2) is 0 Å². The van der Waals surface area contributed by atoms with Crippen molar-refractivity contribution in [3.8, 4) is 0 Å². The van der Waals surface area contributed by atoms with Gasteiger partial charge in [-0.15, -0.1) is 6.58 Å². The molecule has 0 aromatic carbocycles. The van der Waals surface area contributed by atoms with E-state index in [1.54, 1.807) is 11.0 Å². The van der Waals surface area contributed by atoms with Crippen LogP contribution in [0.1, 0.15) is 33.1 Å². The summed E-state index contributed by atoms with van der Waals surface area (Å²) in [7, 11) is 0. The zero-order valence-corrected chi connectivity index (χ0v) is 10.5. The maximum Gasteiger partial charge on any atom is 0.246 e. The Labute approximate surface area is 102 Å². The smallest absolute Gasteiger partial charge is 0.246 e. The summed E-state index contributed by atoms with van der Waals surface area (Å²) < 4.78 is 0. The standard InChI is InChI=1S/C13H20N2O2/c1-4-8-15-11(16)10(9-6-7-9)14-12(17)13(15,3)5-2/h4,9-10H,1,5-8H2,2-3H3,(H,14,17). The third kappa shape index (κ3) is 1.85. The molecule has 1 aliphatic carbocycles. The van der Waals surface area contributed by atoms with E-state index >= 15 is 0 Å². The Kier molecular flexibility index (Phi) is 2.98. The fourth-order valence-corrected chi connectivity index (χ4v) is 2.41. The quantitative estimate of drug-likeness (QED) is 0.742. The van der Waals surface area contributed by atoms with Crippen LogP contribution in [0.2, 0.25) is 0 Å². The Hall–Kier alpha value is -1.32. The fraction of sp³-hybridized carbons (Fsp3) is 0.692. The van der Waals surface area contributed by atoms with Gasteiger partial charge in [-0.3, -0.25) is 9.59 Å². The van der Waals surface area contributed by atoms with Gasteiger partial charge in [-0.1, -0.05) is 13.0 Å². The molecule has 1 heterocycles. The molecule has 1 saturated carbocycles. The maximum absolute atomic E-state index is 12.4. The van der Waals surface area contributed by atoms with Crippen LogP contribution >= 0.6 is 0 Å². The number of rotatable bonds is 4. The second-order valence-corrected chi connectivity index (χ2v) is 5.15. The molecule has 1 N–H and O–H groups in total. The van der Waals surface area contributed by atoms with Crippen molar-refractivity contribution < 1.29 is 9.59 Å². The molecule has 0 bridgehead atoms. The minimum Gasteiger partial charge on any atom is -0.342 e. The minimum absolute atomic E-state index is 0.0293. The van der Waals surface area contributed by atoms with Gasteiger partial charge >= 0.3 is 0 Å². The first-order valence-corrected chi connectivity index (χ1v) is 6.28. The summed E-state index contributed by atoms with van der Waals surface area (Å²) in [5.41, 5.74) is -0.726. The van der Waals surface area contributed by atoms with Gasteiger partial charge in [-0.25, -0.2) is 0 Å². The van der Waals surface area contributed by atoms with E-state index in [0.717, 1.165) is 12.8 Å². The lowest BCUT2D eigenvalue weighted by atomic mass is 9.89. The molecule has 4 heteroatoms. The molecule has 1 saturated heterocycles. The topological polar surface area (TPSA) is 49.4 Å². The zero-order valence-electron chi connectivity index (χ0n) is 10.5. The summed E-state index contributed by atoms with van der Waals surface area (Å²) in [6.07, 6.45) is 4.40. The van der Waals surface area contributed by atoms with Gasteiger partial charge in [0.25, 0.3) is 0 Å². The van der Waals surface area contributed by atoms with Gasteiger partial charge in [0.1, 0.15) is 11.6 Å². The van der Waals surface area contributed by atoms with Crippen LogP contribution in [0.5, 0.6) is 0 Å². The van der Waals surface area contributed by atoms with E-state index in [-0.39, 0.29) is 17.9 Å². The third-order valence-corrected chi connectivity index (χ3v) is 4.00. The van der Waals surface area contributed by atoms with Gasteiger partial charge < -0.3 is 10.2 Å². The summed E-state index contributed by atoms with van der Waals surface area (Å²) in [6, 6.07) is -0.304. The van der Waals surface area contributed by atoms with Gasteiger partial charge in [0, 0.05) is 6.54 Å². The van der Waals surface area contributed by atoms with Crippen molar-refractivity contribution in [3.05, 3.63) is 12.7 Å². The number of piperazine rings is 1. The molecule has 0 aromatic heterocycles. The molecule has 2 aliphatic rings. The van der Waals surface area contributed by atoms with Crippen LogP contribution in [-0.4, -0.2) is 34.8 Å². The van der Waals surface area contributed by atoms with E-state index in [0.29, 0.717) is 18.9 Å². The lowest BCUT2D eigenvalue weighted by Crippen LogP contribution is -2.69. The Balaban J connectivity index is 2.28. The minimum atomic E-state index is -0.726. The number of nitrogens with one attached hydrogen (secondary N) is 1. The van der Waals surface area contributed by atoms with Gasteiger partial charge in [0.2, 0.25) is 11.8 Å². The monoisotopic (exact) mass is 236 g/mol. The highest BCUT2D eigenvalue weighted by Gasteiger charge is 2.51. The molecule has 0 spiro atoms. The maximum atomic E-state index is 12.4. The lowest BCUT2D eigenvalue weighted by molar-refractivity contribution is -0.156. The first-order valence-electron chi connectivity index (χ1n) is 6.28. The number of carbonyl (C=O) groups excluding carboxylic acids is 2. The highest BCUT2D eigenvalue weighted by atomic mass is 16.2. The van der Waals surface area contributed by atoms with Crippen molar-refractivity contribution in [3.63, 3.8) is 0 Å². The van der Waals surface area contributed by atoms with Crippen LogP contribution < -0.4 is 5.32 Å². The van der Waals surface area contributed by atoms with Gasteiger partial charge in [-0.2, -0.15) is 0 Å². The van der Waals surface area contributed by atoms with E-state index in [1.165, 1.54) is 0 Å². The van der Waals surface area contributed by atoms with E-state index in [4.69, 9.17) is 0 Å². The van der Waals surface area contributed by atoms with Crippen molar-refractivity contribution in [1.29, 1.82) is 0 Å². The van der Waals surface area contributed by atoms with E-state index in [2.05, 4.69) is 11.9 Å². The third-order valence-electron chi connectivity index (χ3n) is 4.00. The molecule has 94 valence electrons. The Morgan fingerprint density at radius 2 is 2.18 bits per heavy atom. The van der Waals surface area contributed by atoms with E-state index in [1.807, 2.05) is 13.8 Å². The number of nitrogens with zero attached hydrogens (tertiary/aromatic N) is 1. The van der Waals surface area contributed by atoms with Crippen LogP contribution in [0.25, 0.3) is 0 Å². The number of hydrogen-bond donors (Lipinski definition) is 1. The van der Waals surface area contributed by atoms with E-state index < -0.39 is 5.54 Å². The van der Waals surface area contributed by atoms with Crippen molar-refractivity contribution in [2.24, 2.45) is 5.92 Å². The van der Waals surface area contributed by atoms with Crippen LogP contribution in [0.4, 0.5) is 0 Å². The SMILES string of the molecule is C=CCN1C(=O)C(C2CC2)NC(=O)C1(C)CC. The molecule has 2 rings (SSSR count). The Morgan fingerprint density at radius 3 is 2.65 bits per heavy atom. The highest BCUT2D eigenvalue weighted by molar-refractivity contribution is 5.99. The first kappa shape index (κ1) is 12.1. The Bertz CT molecular complexity index is 362. The van der Waals surface area contributed by atoms with Gasteiger partial charge in [-0.05, 0) is 32.1 Å². The van der Waals surface area contributed by atoms with Crippen molar-refractivity contribution in [2.45, 2.75) is 44.7 Å². The predicted molar refractivity (Wildman–Crippen MR) is 65.3 cm³/mol. The molecule has 2 fully saturated rings. The lowest BCUT2D eigenvalue weighted by Gasteiger charge is -2.45. The van der Waals surface area contributed by atoms with Crippen LogP contribution in [-0.2, 0) is 9.59 Å². The molecule has 2 atom stereocenters. The largest absolute Gasteiger partial charge is 0.342 e. The highest BCUT2D eigenvalue weighted by Crippen LogP contribution is 2.37. The molecular weight excluding hydrogens is 216 g/mol. The molecule has 0 radical (unpaired) electrons. The number of carbonyl (C=O) groups is 2. The molecule has 2 amide bonds. The fourth-order valence-electron chi connectivity index (χ4n) is 2.41. The summed E-state index contributed by atoms with van der Waals surface area (Å²) >= 11 is 0. The van der Waals surface area contributed by atoms with Crippen molar-refractivity contribution >= 4 is 11.8 Å². The molecule has 2 unspecified atom stereocenters. The van der Waals surface area contributed by atoms with Crippen LogP contribution in [0.3, 0.4) is 0 Å². The van der Waals surface area contributed by atoms with Crippen molar-refractivity contribution in [1.82, 2.24) is 10.2 Å². The second kappa shape index (κ2) is 4.17. The molecule has 1 aliphatic heterocycles. The Morgan fingerprint density at radius 1 is 1.53 bits per heavy atom. The van der Waals surface area contributed by atoms with Crippen molar-refractivity contribution in [2.75, 3.05) is 6.54 Å². The summed E-state index contributed by atoms with van der Waals surface area (Å²) in [5.74, 6) is 0.370. The van der Waals surface area contributed by atoms with Crippen LogP contribution in [0.15, 0.2) is 12.7 Å². The number of amides is 2. The molecule has 17 heavy (non-hydrogen) atoms. The summed E-state index contributed by atoms with van der Waals surface area (Å²) in [5, 5.41) is 2.89. The molecule has 0 aromatic rings. The average molecular weight is 236 g/mol. The van der Waals surface area contributed by atoms with Gasteiger partial charge in [0.05, 0.1) is 0 Å². The van der Waals surface area contributed by atoms with Crippen LogP contribution in [0, 0.1) is 5.92 Å². The van der Waals surface area contributed by atoms with E-state index in [9.17, 15) is 9.59 Å².